The zero-order chi connectivity index (χ0) is 13.9. The molecule has 19 heavy (non-hydrogen) atoms. The highest BCUT2D eigenvalue weighted by atomic mass is 16.6. The van der Waals surface area contributed by atoms with E-state index in [0.717, 1.165) is 45.6 Å². The molecule has 2 rings (SSSR count). The molecule has 1 N–H and O–H groups in total. The number of amides is 1. The van der Waals surface area contributed by atoms with Crippen LogP contribution < -0.4 is 5.32 Å². The fourth-order valence-corrected chi connectivity index (χ4v) is 2.76. The van der Waals surface area contributed by atoms with Crippen molar-refractivity contribution >= 4 is 6.09 Å². The molecule has 2 saturated heterocycles. The Balaban J connectivity index is 1.74. The Morgan fingerprint density at radius 3 is 2.58 bits per heavy atom. The molecule has 2 aliphatic rings. The summed E-state index contributed by atoms with van der Waals surface area (Å²) in [6.45, 7) is 9.38. The highest BCUT2D eigenvalue weighted by molar-refractivity contribution is 5.68. The molecule has 0 aromatic carbocycles. The van der Waals surface area contributed by atoms with Crippen molar-refractivity contribution in [2.75, 3.05) is 26.3 Å². The van der Waals surface area contributed by atoms with E-state index < -0.39 is 5.60 Å². The van der Waals surface area contributed by atoms with Crippen molar-refractivity contribution in [1.82, 2.24) is 10.2 Å². The van der Waals surface area contributed by atoms with Gasteiger partial charge in [-0.15, -0.1) is 0 Å². The van der Waals surface area contributed by atoms with Gasteiger partial charge in [0.15, 0.2) is 0 Å². The summed E-state index contributed by atoms with van der Waals surface area (Å²) in [7, 11) is 0. The Labute approximate surface area is 115 Å². The molecule has 0 radical (unpaired) electrons. The second kappa shape index (κ2) is 6.09. The number of hydrogen-bond acceptors (Lipinski definition) is 4. The summed E-state index contributed by atoms with van der Waals surface area (Å²) >= 11 is 0. The molecule has 0 saturated carbocycles. The van der Waals surface area contributed by atoms with Crippen LogP contribution in [0.25, 0.3) is 0 Å². The molecule has 0 aliphatic carbocycles. The Morgan fingerprint density at radius 2 is 1.95 bits per heavy atom. The van der Waals surface area contributed by atoms with Gasteiger partial charge in [-0.3, -0.25) is 4.90 Å². The lowest BCUT2D eigenvalue weighted by Gasteiger charge is -2.31. The van der Waals surface area contributed by atoms with E-state index in [2.05, 4.69) is 10.2 Å². The fraction of sp³-hybridized carbons (Fsp3) is 0.929. The number of hydrogen-bond donors (Lipinski definition) is 1. The summed E-state index contributed by atoms with van der Waals surface area (Å²) in [5, 5.41) is 2.97. The number of ether oxygens (including phenoxy) is 2. The lowest BCUT2D eigenvalue weighted by atomic mass is 10.1. The minimum Gasteiger partial charge on any atom is -0.444 e. The molecule has 0 aromatic heterocycles. The van der Waals surface area contributed by atoms with Gasteiger partial charge in [0.1, 0.15) is 5.60 Å². The largest absolute Gasteiger partial charge is 0.444 e. The van der Waals surface area contributed by atoms with Crippen molar-refractivity contribution in [2.45, 2.75) is 57.7 Å². The first-order valence-electron chi connectivity index (χ1n) is 7.25. The number of nitrogens with one attached hydrogen (secondary N) is 1. The number of likely N-dealkylation sites (tertiary alicyclic amines) is 1. The SMILES string of the molecule is CC(C)(C)OC(=O)N[C@H]1CCN(C2CCOCC2)C1. The minimum atomic E-state index is -0.427. The highest BCUT2D eigenvalue weighted by Crippen LogP contribution is 2.20. The maximum absolute atomic E-state index is 11.7. The predicted molar refractivity (Wildman–Crippen MR) is 73.2 cm³/mol. The number of carbonyl (C=O) groups excluding carboxylic acids is 1. The second-order valence-corrected chi connectivity index (χ2v) is 6.47. The number of carbonyl (C=O) groups is 1. The number of rotatable bonds is 2. The van der Waals surface area contributed by atoms with E-state index in [1.807, 2.05) is 20.8 Å². The molecular formula is C14H26N2O3. The third-order valence-corrected chi connectivity index (χ3v) is 3.65. The van der Waals surface area contributed by atoms with Crippen LogP contribution in [0, 0.1) is 0 Å². The van der Waals surface area contributed by atoms with E-state index in [-0.39, 0.29) is 12.1 Å². The maximum atomic E-state index is 11.7. The molecule has 2 heterocycles. The molecule has 2 aliphatic heterocycles. The molecule has 0 unspecified atom stereocenters. The summed E-state index contributed by atoms with van der Waals surface area (Å²) in [5.41, 5.74) is -0.427. The molecule has 0 bridgehead atoms. The topological polar surface area (TPSA) is 50.8 Å². The van der Waals surface area contributed by atoms with Crippen LogP contribution in [0.1, 0.15) is 40.0 Å². The van der Waals surface area contributed by atoms with Crippen molar-refractivity contribution in [3.8, 4) is 0 Å². The predicted octanol–water partition coefficient (Wildman–Crippen LogP) is 1.76. The summed E-state index contributed by atoms with van der Waals surface area (Å²) in [5.74, 6) is 0. The first-order valence-corrected chi connectivity index (χ1v) is 7.25. The van der Waals surface area contributed by atoms with E-state index in [9.17, 15) is 4.79 Å². The Bertz CT molecular complexity index is 308. The van der Waals surface area contributed by atoms with Gasteiger partial charge in [0, 0.05) is 38.4 Å². The van der Waals surface area contributed by atoms with Crippen molar-refractivity contribution in [3.63, 3.8) is 0 Å². The van der Waals surface area contributed by atoms with E-state index in [0.29, 0.717) is 6.04 Å². The molecule has 0 spiro atoms. The average molecular weight is 270 g/mol. The van der Waals surface area contributed by atoms with Gasteiger partial charge < -0.3 is 14.8 Å². The quantitative estimate of drug-likeness (QED) is 0.831. The van der Waals surface area contributed by atoms with Crippen molar-refractivity contribution < 1.29 is 14.3 Å². The monoisotopic (exact) mass is 270 g/mol. The van der Waals surface area contributed by atoms with Gasteiger partial charge >= 0.3 is 6.09 Å². The third kappa shape index (κ3) is 4.66. The van der Waals surface area contributed by atoms with Crippen LogP contribution in [0.15, 0.2) is 0 Å². The molecule has 1 amide bonds. The van der Waals surface area contributed by atoms with Crippen LogP contribution in [0.2, 0.25) is 0 Å². The van der Waals surface area contributed by atoms with Crippen molar-refractivity contribution in [3.05, 3.63) is 0 Å². The van der Waals surface area contributed by atoms with Gasteiger partial charge in [0.2, 0.25) is 0 Å². The van der Waals surface area contributed by atoms with E-state index in [1.165, 1.54) is 0 Å². The smallest absolute Gasteiger partial charge is 0.407 e. The van der Waals surface area contributed by atoms with Crippen LogP contribution >= 0.6 is 0 Å². The van der Waals surface area contributed by atoms with Gasteiger partial charge in [-0.25, -0.2) is 4.79 Å². The Kier molecular flexibility index (Phi) is 4.68. The molecule has 2 fully saturated rings. The fourth-order valence-electron chi connectivity index (χ4n) is 2.76. The number of nitrogens with zero attached hydrogens (tertiary/aromatic N) is 1. The van der Waals surface area contributed by atoms with Crippen LogP contribution in [0.3, 0.4) is 0 Å². The first-order chi connectivity index (χ1) is 8.94. The molecule has 0 aromatic rings. The summed E-state index contributed by atoms with van der Waals surface area (Å²) in [4.78, 5) is 14.2. The summed E-state index contributed by atoms with van der Waals surface area (Å²) in [6, 6.07) is 0.844. The average Bonchev–Trinajstić information content (AvgIpc) is 2.76. The zero-order valence-corrected chi connectivity index (χ0v) is 12.3. The standard InChI is InChI=1S/C14H26N2O3/c1-14(2,3)19-13(17)15-11-4-7-16(10-11)12-5-8-18-9-6-12/h11-12H,4-10H2,1-3H3,(H,15,17)/t11-/m0/s1. The molecule has 1 atom stereocenters. The normalized spacial score (nSPS) is 26.4. The third-order valence-electron chi connectivity index (χ3n) is 3.65. The molecular weight excluding hydrogens is 244 g/mol. The molecule has 5 nitrogen and oxygen atoms in total. The van der Waals surface area contributed by atoms with Gasteiger partial charge in [0.25, 0.3) is 0 Å². The number of alkyl carbamates (subject to hydrolysis) is 1. The van der Waals surface area contributed by atoms with Crippen LogP contribution in [-0.2, 0) is 9.47 Å². The Hall–Kier alpha value is -0.810. The van der Waals surface area contributed by atoms with Crippen LogP contribution in [0.5, 0.6) is 0 Å². The van der Waals surface area contributed by atoms with Gasteiger partial charge in [-0.2, -0.15) is 0 Å². The Morgan fingerprint density at radius 1 is 1.26 bits per heavy atom. The second-order valence-electron chi connectivity index (χ2n) is 6.47. The van der Waals surface area contributed by atoms with E-state index in [4.69, 9.17) is 9.47 Å². The zero-order valence-electron chi connectivity index (χ0n) is 12.3. The lowest BCUT2D eigenvalue weighted by Crippen LogP contribution is -2.43. The van der Waals surface area contributed by atoms with Gasteiger partial charge in [-0.05, 0) is 40.0 Å². The van der Waals surface area contributed by atoms with Crippen LogP contribution in [0.4, 0.5) is 4.79 Å². The molecule has 110 valence electrons. The van der Waals surface area contributed by atoms with Crippen LogP contribution in [-0.4, -0.2) is 55.0 Å². The van der Waals surface area contributed by atoms with Gasteiger partial charge in [0.05, 0.1) is 0 Å². The lowest BCUT2D eigenvalue weighted by molar-refractivity contribution is 0.0395. The highest BCUT2D eigenvalue weighted by Gasteiger charge is 2.30. The molecule has 5 heteroatoms. The van der Waals surface area contributed by atoms with Crippen molar-refractivity contribution in [2.24, 2.45) is 0 Å². The van der Waals surface area contributed by atoms with E-state index in [1.54, 1.807) is 0 Å². The summed E-state index contributed by atoms with van der Waals surface area (Å²) in [6.07, 6.45) is 2.93. The van der Waals surface area contributed by atoms with E-state index >= 15 is 0 Å². The summed E-state index contributed by atoms with van der Waals surface area (Å²) < 4.78 is 10.7. The first kappa shape index (κ1) is 14.6. The minimum absolute atomic E-state index is 0.220. The van der Waals surface area contributed by atoms with Crippen molar-refractivity contribution in [1.29, 1.82) is 0 Å². The van der Waals surface area contributed by atoms with Gasteiger partial charge in [-0.1, -0.05) is 0 Å². The maximum Gasteiger partial charge on any atom is 0.407 e.